The maximum atomic E-state index is 11.9. The lowest BCUT2D eigenvalue weighted by atomic mass is 10.2. The Labute approximate surface area is 148 Å². The van der Waals surface area contributed by atoms with Gasteiger partial charge in [0.05, 0.1) is 13.7 Å². The van der Waals surface area contributed by atoms with E-state index in [1.807, 2.05) is 30.0 Å². The van der Waals surface area contributed by atoms with Gasteiger partial charge in [-0.25, -0.2) is 0 Å². The first kappa shape index (κ1) is 18.8. The lowest BCUT2D eigenvalue weighted by Gasteiger charge is -2.14. The Balaban J connectivity index is 1.76. The van der Waals surface area contributed by atoms with Crippen LogP contribution in [0.25, 0.3) is 6.08 Å². The second-order valence-corrected chi connectivity index (χ2v) is 5.81. The van der Waals surface area contributed by atoms with Crippen molar-refractivity contribution >= 4 is 17.9 Å². The fraction of sp³-hybridized carbons (Fsp3) is 0.474. The van der Waals surface area contributed by atoms with E-state index in [1.165, 1.54) is 6.08 Å². The van der Waals surface area contributed by atoms with Crippen molar-refractivity contribution in [2.75, 3.05) is 33.4 Å². The van der Waals surface area contributed by atoms with Crippen LogP contribution < -0.4 is 14.8 Å². The molecule has 1 aliphatic heterocycles. The summed E-state index contributed by atoms with van der Waals surface area (Å²) < 4.78 is 10.8. The molecule has 6 heteroatoms. The van der Waals surface area contributed by atoms with Crippen LogP contribution in [-0.4, -0.2) is 50.1 Å². The first-order chi connectivity index (χ1) is 12.1. The van der Waals surface area contributed by atoms with Crippen LogP contribution in [0.15, 0.2) is 24.3 Å². The molecule has 1 saturated heterocycles. The minimum Gasteiger partial charge on any atom is -0.493 e. The van der Waals surface area contributed by atoms with Crippen molar-refractivity contribution in [3.63, 3.8) is 0 Å². The molecule has 0 saturated carbocycles. The molecule has 0 unspecified atom stereocenters. The molecule has 1 aromatic rings. The Bertz CT molecular complexity index is 628. The van der Waals surface area contributed by atoms with Gasteiger partial charge in [0.15, 0.2) is 11.5 Å². The van der Waals surface area contributed by atoms with E-state index < -0.39 is 0 Å². The van der Waals surface area contributed by atoms with Crippen molar-refractivity contribution in [3.8, 4) is 11.5 Å². The van der Waals surface area contributed by atoms with Crippen molar-refractivity contribution in [1.82, 2.24) is 10.2 Å². The number of ether oxygens (including phenoxy) is 2. The topological polar surface area (TPSA) is 67.9 Å². The van der Waals surface area contributed by atoms with Crippen molar-refractivity contribution in [2.24, 2.45) is 0 Å². The number of amides is 2. The van der Waals surface area contributed by atoms with Gasteiger partial charge >= 0.3 is 0 Å². The molecule has 0 spiro atoms. The minimum atomic E-state index is -0.152. The van der Waals surface area contributed by atoms with Crippen LogP contribution in [0.2, 0.25) is 0 Å². The Kier molecular flexibility index (Phi) is 7.32. The lowest BCUT2D eigenvalue weighted by Crippen LogP contribution is -2.29. The molecule has 2 amide bonds. The highest BCUT2D eigenvalue weighted by Crippen LogP contribution is 2.28. The number of likely N-dealkylation sites (tertiary alicyclic amines) is 1. The first-order valence-electron chi connectivity index (χ1n) is 8.68. The molecular weight excluding hydrogens is 320 g/mol. The Morgan fingerprint density at radius 3 is 2.88 bits per heavy atom. The zero-order valence-electron chi connectivity index (χ0n) is 14.9. The van der Waals surface area contributed by atoms with Gasteiger partial charge < -0.3 is 19.7 Å². The van der Waals surface area contributed by atoms with Crippen LogP contribution in [0.3, 0.4) is 0 Å². The summed E-state index contributed by atoms with van der Waals surface area (Å²) >= 11 is 0. The maximum absolute atomic E-state index is 11.9. The van der Waals surface area contributed by atoms with Crippen LogP contribution in [0.5, 0.6) is 11.5 Å². The normalized spacial score (nSPS) is 14.2. The molecule has 0 radical (unpaired) electrons. The smallest absolute Gasteiger partial charge is 0.244 e. The number of hydrogen-bond acceptors (Lipinski definition) is 4. The summed E-state index contributed by atoms with van der Waals surface area (Å²) in [7, 11) is 1.59. The molecule has 6 nitrogen and oxygen atoms in total. The summed E-state index contributed by atoms with van der Waals surface area (Å²) in [5.74, 6) is 1.39. The van der Waals surface area contributed by atoms with Gasteiger partial charge in [-0.3, -0.25) is 9.59 Å². The third-order valence-electron chi connectivity index (χ3n) is 3.99. The van der Waals surface area contributed by atoms with Crippen molar-refractivity contribution < 1.29 is 19.1 Å². The first-order valence-corrected chi connectivity index (χ1v) is 8.68. The van der Waals surface area contributed by atoms with Gasteiger partial charge in [-0.2, -0.15) is 0 Å². The Morgan fingerprint density at radius 1 is 1.36 bits per heavy atom. The highest BCUT2D eigenvalue weighted by Gasteiger charge is 2.18. The van der Waals surface area contributed by atoms with Crippen LogP contribution in [0.1, 0.15) is 31.7 Å². The number of benzene rings is 1. The molecule has 136 valence electrons. The highest BCUT2D eigenvalue weighted by molar-refractivity contribution is 5.91. The molecule has 1 aromatic carbocycles. The van der Waals surface area contributed by atoms with Crippen molar-refractivity contribution in [3.05, 3.63) is 29.8 Å². The van der Waals surface area contributed by atoms with E-state index in [2.05, 4.69) is 5.32 Å². The van der Waals surface area contributed by atoms with E-state index in [4.69, 9.17) is 9.47 Å². The molecule has 0 atom stereocenters. The van der Waals surface area contributed by atoms with Crippen LogP contribution >= 0.6 is 0 Å². The Hall–Kier alpha value is -2.50. The number of rotatable bonds is 9. The van der Waals surface area contributed by atoms with Crippen LogP contribution in [-0.2, 0) is 9.59 Å². The van der Waals surface area contributed by atoms with Gasteiger partial charge in [0.1, 0.15) is 0 Å². The number of nitrogens with zero attached hydrogens (tertiary/aromatic N) is 1. The van der Waals surface area contributed by atoms with Gasteiger partial charge in [0.2, 0.25) is 11.8 Å². The second-order valence-electron chi connectivity index (χ2n) is 5.81. The molecule has 0 aliphatic carbocycles. The molecule has 0 bridgehead atoms. The molecule has 25 heavy (non-hydrogen) atoms. The van der Waals surface area contributed by atoms with Crippen LogP contribution in [0, 0.1) is 0 Å². The van der Waals surface area contributed by atoms with Gasteiger partial charge in [0, 0.05) is 32.1 Å². The molecule has 0 aromatic heterocycles. The average molecular weight is 346 g/mol. The summed E-state index contributed by atoms with van der Waals surface area (Å²) in [4.78, 5) is 25.2. The maximum Gasteiger partial charge on any atom is 0.244 e. The summed E-state index contributed by atoms with van der Waals surface area (Å²) in [6.07, 6.45) is 5.59. The number of carbonyl (C=O) groups excluding carboxylic acids is 2. The van der Waals surface area contributed by atoms with Gasteiger partial charge in [-0.1, -0.05) is 6.07 Å². The fourth-order valence-corrected chi connectivity index (χ4v) is 2.72. The zero-order valence-corrected chi connectivity index (χ0v) is 14.9. The largest absolute Gasteiger partial charge is 0.493 e. The van der Waals surface area contributed by atoms with Gasteiger partial charge in [-0.05, 0) is 43.5 Å². The monoisotopic (exact) mass is 346 g/mol. The van der Waals surface area contributed by atoms with E-state index in [9.17, 15) is 9.59 Å². The predicted octanol–water partition coefficient (Wildman–Crippen LogP) is 2.24. The molecule has 1 aliphatic rings. The summed E-state index contributed by atoms with van der Waals surface area (Å²) in [5, 5.41) is 2.83. The average Bonchev–Trinajstić information content (AvgIpc) is 3.03. The van der Waals surface area contributed by atoms with E-state index >= 15 is 0 Å². The third-order valence-corrected chi connectivity index (χ3v) is 3.99. The molecular formula is C19H26N2O4. The Morgan fingerprint density at radius 2 is 2.20 bits per heavy atom. The minimum absolute atomic E-state index is 0.152. The van der Waals surface area contributed by atoms with E-state index in [0.29, 0.717) is 37.6 Å². The molecule has 1 fully saturated rings. The number of hydrogen-bond donors (Lipinski definition) is 1. The third kappa shape index (κ3) is 5.81. The summed E-state index contributed by atoms with van der Waals surface area (Å²) in [5.41, 5.74) is 0.859. The fourth-order valence-electron chi connectivity index (χ4n) is 2.72. The summed E-state index contributed by atoms with van der Waals surface area (Å²) in [6.45, 7) is 4.58. The van der Waals surface area contributed by atoms with Crippen molar-refractivity contribution in [1.29, 1.82) is 0 Å². The molecule has 1 N–H and O–H groups in total. The molecule has 2 rings (SSSR count). The van der Waals surface area contributed by atoms with E-state index in [1.54, 1.807) is 13.2 Å². The van der Waals surface area contributed by atoms with Crippen molar-refractivity contribution in [2.45, 2.75) is 26.2 Å². The second kappa shape index (κ2) is 9.71. The summed E-state index contributed by atoms with van der Waals surface area (Å²) in [6, 6.07) is 5.52. The predicted molar refractivity (Wildman–Crippen MR) is 96.6 cm³/mol. The van der Waals surface area contributed by atoms with Gasteiger partial charge in [-0.15, -0.1) is 0 Å². The zero-order chi connectivity index (χ0) is 18.1. The number of carbonyl (C=O) groups is 2. The lowest BCUT2D eigenvalue weighted by molar-refractivity contribution is -0.127. The highest BCUT2D eigenvalue weighted by atomic mass is 16.5. The number of methoxy groups -OCH3 is 1. The standard InChI is InChI=1S/C19H26N2O4/c1-3-25-16-9-7-15(14-17(16)24-2)8-10-18(22)20-11-5-13-21-12-4-6-19(21)23/h7-10,14H,3-6,11-13H2,1-2H3,(H,20,22)/b10-8+. The quantitative estimate of drug-likeness (QED) is 0.550. The van der Waals surface area contributed by atoms with Gasteiger partial charge in [0.25, 0.3) is 0 Å². The number of nitrogens with one attached hydrogen (secondary N) is 1. The van der Waals surface area contributed by atoms with Crippen LogP contribution in [0.4, 0.5) is 0 Å². The SMILES string of the molecule is CCOc1ccc(/C=C/C(=O)NCCCN2CCCC2=O)cc1OC. The van der Waals surface area contributed by atoms with E-state index in [0.717, 1.165) is 24.9 Å². The molecule has 1 heterocycles. The van der Waals surface area contributed by atoms with E-state index in [-0.39, 0.29) is 11.8 Å².